The van der Waals surface area contributed by atoms with E-state index in [1.807, 2.05) is 12.3 Å². The fraction of sp³-hybridized carbons (Fsp3) is 0.389. The minimum Gasteiger partial charge on any atom is -0.686 e. The van der Waals surface area contributed by atoms with Gasteiger partial charge in [0.05, 0.1) is 5.56 Å². The molecule has 2 aliphatic heterocycles. The van der Waals surface area contributed by atoms with E-state index in [1.165, 1.54) is 43.5 Å². The normalized spacial score (nSPS) is 19.2. The molecule has 2 atom stereocenters. The van der Waals surface area contributed by atoms with Gasteiger partial charge in [0.15, 0.2) is 6.29 Å². The molecule has 0 radical (unpaired) electrons. The summed E-state index contributed by atoms with van der Waals surface area (Å²) in [6.07, 6.45) is 10.3. The topological polar surface area (TPSA) is 170 Å². The summed E-state index contributed by atoms with van der Waals surface area (Å²) < 4.78 is 0. The summed E-state index contributed by atoms with van der Waals surface area (Å²) in [5.74, 6) is -1.03. The van der Waals surface area contributed by atoms with Crippen LogP contribution in [0.3, 0.4) is 0 Å². The monoisotopic (exact) mass is 595 g/mol. The molecule has 0 amide bonds. The number of aliphatic hydroxyl groups excluding tert-OH is 1. The Morgan fingerprint density at radius 2 is 1.75 bits per heavy atom. The molecular weight excluding hydrogens is 565 g/mol. The maximum absolute atomic E-state index is 10.4. The Labute approximate surface area is 205 Å². The van der Waals surface area contributed by atoms with Crippen molar-refractivity contribution in [2.24, 2.45) is 0 Å². The molecule has 2 aliphatic rings. The predicted molar refractivity (Wildman–Crippen MR) is 100 cm³/mol. The van der Waals surface area contributed by atoms with Crippen molar-refractivity contribution in [2.45, 2.75) is 37.6 Å². The molecule has 0 saturated carbocycles. The zero-order valence-corrected chi connectivity index (χ0v) is 23.9. The molecule has 2 heterocycles. The molecule has 8 N–H and O–H groups in total. The molecule has 1 aromatic carbocycles. The number of allylic oxidation sites excluding steroid dienone is 2. The van der Waals surface area contributed by atoms with E-state index in [0.717, 1.165) is 6.54 Å². The van der Waals surface area contributed by atoms with Crippen molar-refractivity contribution >= 4 is 5.97 Å². The van der Waals surface area contributed by atoms with Crippen molar-refractivity contribution in [1.29, 1.82) is 0 Å². The first-order valence-electron chi connectivity index (χ1n) is 7.97. The minimum atomic E-state index is -1.55. The maximum Gasteiger partial charge on any atom is 2.00 e. The number of carboxylic acids is 1. The molecule has 148 valence electrons. The Hall–Kier alpha value is -0.386. The minimum absolute atomic E-state index is 0. The zero-order chi connectivity index (χ0) is 17.4. The molecule has 8 nitrogen and oxygen atoms in total. The van der Waals surface area contributed by atoms with Gasteiger partial charge in [-0.2, -0.15) is 6.20 Å². The van der Waals surface area contributed by atoms with Gasteiger partial charge in [0.25, 0.3) is 0 Å². The van der Waals surface area contributed by atoms with Gasteiger partial charge in [0, 0.05) is 32.9 Å². The van der Waals surface area contributed by atoms with Gasteiger partial charge in [-0.1, -0.05) is 43.5 Å². The zero-order valence-electron chi connectivity index (χ0n) is 15.8. The van der Waals surface area contributed by atoms with Gasteiger partial charge in [0.2, 0.25) is 0 Å². The molecule has 0 spiro atoms. The maximum atomic E-state index is 10.4. The number of rotatable bonds is 3. The van der Waals surface area contributed by atoms with E-state index < -0.39 is 12.3 Å². The van der Waals surface area contributed by atoms with Gasteiger partial charge in [-0.25, -0.2) is 4.79 Å². The largest absolute Gasteiger partial charge is 2.00 e. The van der Waals surface area contributed by atoms with Gasteiger partial charge in [-0.3, -0.25) is 0 Å². The first kappa shape index (κ1) is 32.3. The average molecular weight is 592 g/mol. The Morgan fingerprint density at radius 1 is 1.11 bits per heavy atom. The molecule has 0 aromatic heterocycles. The quantitative estimate of drug-likeness (QED) is 0.274. The van der Waals surface area contributed by atoms with Crippen molar-refractivity contribution in [2.75, 3.05) is 6.54 Å². The van der Waals surface area contributed by atoms with E-state index >= 15 is 0 Å². The molecule has 10 heteroatoms. The standard InChI is InChI=1S/C10H14N2.C8H8O4.2Cd.2H2O/c1-3-7-11-9(5-1)10-6-2-4-8-12-10;9-7(10)5-1-2-6(4-3-5)8(11)12;;;;/h1,3,5,7,9-10H,2,4,6,8H2;1-4,7,9-10H,(H,11,12);;;2*1H2/q-2;;;+2;;/p+1. The molecule has 0 bridgehead atoms. The summed E-state index contributed by atoms with van der Waals surface area (Å²) >= 11 is 0. The van der Waals surface area contributed by atoms with Crippen LogP contribution < -0.4 is 0 Å². The number of carbonyl (C=O) groups is 1. The van der Waals surface area contributed by atoms with E-state index in [1.54, 1.807) is 0 Å². The van der Waals surface area contributed by atoms with Crippen LogP contribution in [0.25, 0.3) is 10.6 Å². The summed E-state index contributed by atoms with van der Waals surface area (Å²) in [6.45, 7) is 1.04. The van der Waals surface area contributed by atoms with E-state index in [4.69, 9.17) is 15.3 Å². The molecule has 28 heavy (non-hydrogen) atoms. The second-order valence-corrected chi connectivity index (χ2v) is 5.64. The van der Waals surface area contributed by atoms with Crippen molar-refractivity contribution < 1.29 is 85.7 Å². The van der Waals surface area contributed by atoms with Gasteiger partial charge in [-0.05, 0) is 12.1 Å². The van der Waals surface area contributed by atoms with Crippen molar-refractivity contribution in [3.63, 3.8) is 0 Å². The average Bonchev–Trinajstić information content (AvgIpc) is 2.64. The molecule has 1 fully saturated rings. The SMILES string of the molecule is C1=C[N-]C(C2CCCC[N-]2)C=C1.O.O=C(O)c1ccc(C(O)O)cc1.[Cd+2].[Cd].[OH3+]. The molecule has 1 saturated heterocycles. The molecular formula is C18H27Cd2N2O6+. The van der Waals surface area contributed by atoms with Crippen LogP contribution in [-0.2, 0) is 60.1 Å². The van der Waals surface area contributed by atoms with Crippen LogP contribution in [0, 0.1) is 0 Å². The third-order valence-electron chi connectivity index (χ3n) is 3.89. The summed E-state index contributed by atoms with van der Waals surface area (Å²) in [6, 6.07) is 6.13. The Balaban J connectivity index is -0.000000391. The van der Waals surface area contributed by atoms with Gasteiger partial charge in [-0.15, -0.1) is 24.7 Å². The Kier molecular flexibility index (Phi) is 20.1. The number of nitrogens with zero attached hydrogens (tertiary/aromatic N) is 2. The first-order chi connectivity index (χ1) is 11.6. The van der Waals surface area contributed by atoms with Crippen molar-refractivity contribution in [3.05, 3.63) is 70.5 Å². The summed E-state index contributed by atoms with van der Waals surface area (Å²) in [4.78, 5) is 10.4. The van der Waals surface area contributed by atoms with Crippen molar-refractivity contribution in [1.82, 2.24) is 0 Å². The van der Waals surface area contributed by atoms with Crippen LogP contribution in [0.2, 0.25) is 0 Å². The van der Waals surface area contributed by atoms with Crippen LogP contribution >= 0.6 is 0 Å². The fourth-order valence-corrected chi connectivity index (χ4v) is 2.54. The van der Waals surface area contributed by atoms with Gasteiger partial charge >= 0.3 is 33.3 Å². The molecule has 1 aromatic rings. The number of aliphatic hydroxyl groups is 2. The third kappa shape index (κ3) is 11.0. The second-order valence-electron chi connectivity index (χ2n) is 5.64. The smallest absolute Gasteiger partial charge is 0.686 e. The van der Waals surface area contributed by atoms with Crippen LogP contribution in [0.15, 0.2) is 48.7 Å². The van der Waals surface area contributed by atoms with Crippen LogP contribution in [0.4, 0.5) is 0 Å². The molecule has 2 unspecified atom stereocenters. The number of benzene rings is 1. The summed E-state index contributed by atoms with van der Waals surface area (Å²) in [5.41, 5.74) is 0.402. The van der Waals surface area contributed by atoms with Gasteiger partial charge < -0.3 is 36.9 Å². The number of hydrogen-bond acceptors (Lipinski definition) is 3. The van der Waals surface area contributed by atoms with Crippen LogP contribution in [0.5, 0.6) is 0 Å². The van der Waals surface area contributed by atoms with E-state index in [2.05, 4.69) is 22.8 Å². The van der Waals surface area contributed by atoms with Gasteiger partial charge in [0.1, 0.15) is 0 Å². The fourth-order valence-electron chi connectivity index (χ4n) is 2.54. The summed E-state index contributed by atoms with van der Waals surface area (Å²) in [7, 11) is 0. The Morgan fingerprint density at radius 3 is 2.18 bits per heavy atom. The summed E-state index contributed by atoms with van der Waals surface area (Å²) in [5, 5.41) is 34.8. The number of aromatic carboxylic acids is 1. The Bertz CT molecular complexity index is 590. The molecule has 0 aliphatic carbocycles. The van der Waals surface area contributed by atoms with Crippen LogP contribution in [0.1, 0.15) is 41.5 Å². The number of hydrogen-bond donors (Lipinski definition) is 3. The number of piperidine rings is 1. The van der Waals surface area contributed by atoms with E-state index in [9.17, 15) is 4.79 Å². The van der Waals surface area contributed by atoms with E-state index in [0.29, 0.717) is 12.1 Å². The predicted octanol–water partition coefficient (Wildman–Crippen LogP) is 1.35. The van der Waals surface area contributed by atoms with Crippen LogP contribution in [-0.4, -0.2) is 45.4 Å². The second kappa shape index (κ2) is 17.5. The number of carboxylic acid groups (broad SMARTS) is 1. The molecule has 3 rings (SSSR count). The van der Waals surface area contributed by atoms with E-state index in [-0.39, 0.29) is 76.7 Å². The van der Waals surface area contributed by atoms with Crippen molar-refractivity contribution in [3.8, 4) is 0 Å². The first-order valence-corrected chi connectivity index (χ1v) is 7.97. The third-order valence-corrected chi connectivity index (χ3v) is 3.89.